The Labute approximate surface area is 142 Å². The minimum Gasteiger partial charge on any atom is -0.464 e. The molecule has 0 atom stereocenters. The minimum absolute atomic E-state index is 0.196. The fourth-order valence-corrected chi connectivity index (χ4v) is 4.60. The quantitative estimate of drug-likeness (QED) is 0.886. The first-order valence-electron chi connectivity index (χ1n) is 8.06. The molecule has 1 fully saturated rings. The van der Waals surface area contributed by atoms with E-state index in [-0.39, 0.29) is 11.4 Å². The predicted octanol–water partition coefficient (Wildman–Crippen LogP) is 1.55. The third-order valence-corrected chi connectivity index (χ3v) is 6.33. The average Bonchev–Trinajstić information content (AvgIpc) is 2.98. The van der Waals surface area contributed by atoms with Crippen LogP contribution in [0.2, 0.25) is 0 Å². The molecule has 1 aliphatic heterocycles. The molecule has 2 heterocycles. The van der Waals surface area contributed by atoms with Gasteiger partial charge < -0.3 is 10.2 Å². The Hall–Kier alpha value is -1.67. The highest BCUT2D eigenvalue weighted by Crippen LogP contribution is 2.24. The first kappa shape index (κ1) is 17.2. The summed E-state index contributed by atoms with van der Waals surface area (Å²) in [6, 6.07) is 11.8. The van der Waals surface area contributed by atoms with Crippen molar-refractivity contribution in [3.63, 3.8) is 0 Å². The normalized spacial score (nSPS) is 17.2. The van der Waals surface area contributed by atoms with Crippen molar-refractivity contribution in [2.24, 2.45) is 5.73 Å². The van der Waals surface area contributed by atoms with Crippen molar-refractivity contribution in [2.75, 3.05) is 26.2 Å². The molecule has 0 aliphatic carbocycles. The van der Waals surface area contributed by atoms with Gasteiger partial charge in [-0.05, 0) is 12.5 Å². The number of hydrogen-bond acceptors (Lipinski definition) is 5. The van der Waals surface area contributed by atoms with Gasteiger partial charge in [0.05, 0.1) is 6.54 Å². The predicted molar refractivity (Wildman–Crippen MR) is 91.8 cm³/mol. The molecule has 24 heavy (non-hydrogen) atoms. The summed E-state index contributed by atoms with van der Waals surface area (Å²) in [7, 11) is -3.52. The number of benzene rings is 1. The van der Waals surface area contributed by atoms with E-state index in [0.29, 0.717) is 24.6 Å². The summed E-state index contributed by atoms with van der Waals surface area (Å²) in [5.74, 6) is 0.899. The number of aryl methyl sites for hydroxylation is 1. The molecule has 0 spiro atoms. The number of piperazine rings is 1. The number of nitrogens with two attached hydrogens (primary N) is 1. The van der Waals surface area contributed by atoms with Crippen LogP contribution in [0.15, 0.2) is 45.7 Å². The van der Waals surface area contributed by atoms with Crippen LogP contribution in [0.5, 0.6) is 0 Å². The first-order valence-corrected chi connectivity index (χ1v) is 9.50. The Kier molecular flexibility index (Phi) is 5.05. The molecule has 7 heteroatoms. The maximum absolute atomic E-state index is 12.8. The monoisotopic (exact) mass is 349 g/mol. The molecule has 130 valence electrons. The maximum atomic E-state index is 12.8. The molecule has 0 saturated carbocycles. The van der Waals surface area contributed by atoms with Crippen molar-refractivity contribution in [1.82, 2.24) is 9.21 Å². The van der Waals surface area contributed by atoms with Gasteiger partial charge in [0.1, 0.15) is 16.4 Å². The van der Waals surface area contributed by atoms with Gasteiger partial charge in [0.25, 0.3) is 0 Å². The van der Waals surface area contributed by atoms with Crippen molar-refractivity contribution in [3.05, 3.63) is 53.5 Å². The van der Waals surface area contributed by atoms with E-state index in [4.69, 9.17) is 10.2 Å². The van der Waals surface area contributed by atoms with Gasteiger partial charge in [-0.1, -0.05) is 30.3 Å². The van der Waals surface area contributed by atoms with Crippen LogP contribution in [0.4, 0.5) is 0 Å². The lowest BCUT2D eigenvalue weighted by Crippen LogP contribution is -2.48. The lowest BCUT2D eigenvalue weighted by atomic mass is 10.2. The van der Waals surface area contributed by atoms with Gasteiger partial charge in [0, 0.05) is 38.8 Å². The van der Waals surface area contributed by atoms with Gasteiger partial charge in [0.2, 0.25) is 10.0 Å². The Morgan fingerprint density at radius 3 is 2.38 bits per heavy atom. The molecule has 3 rings (SSSR count). The number of hydrogen-bond donors (Lipinski definition) is 1. The lowest BCUT2D eigenvalue weighted by Gasteiger charge is -2.33. The van der Waals surface area contributed by atoms with Gasteiger partial charge in [-0.25, -0.2) is 8.42 Å². The molecule has 1 aromatic heterocycles. The average molecular weight is 349 g/mol. The second-order valence-corrected chi connectivity index (χ2v) is 7.91. The van der Waals surface area contributed by atoms with Crippen molar-refractivity contribution < 1.29 is 12.8 Å². The molecule has 2 N–H and O–H groups in total. The Morgan fingerprint density at radius 1 is 1.12 bits per heavy atom. The summed E-state index contributed by atoms with van der Waals surface area (Å²) < 4.78 is 32.6. The summed E-state index contributed by atoms with van der Waals surface area (Å²) in [5.41, 5.74) is 6.78. The standard InChI is InChI=1S/C17H23N3O3S/c1-14-17(11-16(12-18)23-14)24(21,22)20-9-7-19(8-10-20)13-15-5-3-2-4-6-15/h2-6,11H,7-10,12-13,18H2,1H3. The van der Waals surface area contributed by atoms with E-state index >= 15 is 0 Å². The highest BCUT2D eigenvalue weighted by molar-refractivity contribution is 7.89. The van der Waals surface area contributed by atoms with Crippen molar-refractivity contribution in [3.8, 4) is 0 Å². The SMILES string of the molecule is Cc1oc(CN)cc1S(=O)(=O)N1CCN(Cc2ccccc2)CC1. The minimum atomic E-state index is -3.52. The molecule has 0 unspecified atom stereocenters. The second kappa shape index (κ2) is 7.06. The van der Waals surface area contributed by atoms with Crippen LogP contribution in [0.3, 0.4) is 0 Å². The third kappa shape index (κ3) is 3.54. The molecular formula is C17H23N3O3S. The summed E-state index contributed by atoms with van der Waals surface area (Å²) >= 11 is 0. The van der Waals surface area contributed by atoms with E-state index in [1.54, 1.807) is 13.0 Å². The molecule has 0 bridgehead atoms. The summed E-state index contributed by atoms with van der Waals surface area (Å²) in [6.07, 6.45) is 0. The smallest absolute Gasteiger partial charge is 0.246 e. The van der Waals surface area contributed by atoms with Crippen LogP contribution in [0.1, 0.15) is 17.1 Å². The Morgan fingerprint density at radius 2 is 1.79 bits per heavy atom. The van der Waals surface area contributed by atoms with E-state index in [0.717, 1.165) is 19.6 Å². The van der Waals surface area contributed by atoms with Crippen LogP contribution in [-0.4, -0.2) is 43.8 Å². The Balaban J connectivity index is 1.66. The van der Waals surface area contributed by atoms with Crippen LogP contribution in [-0.2, 0) is 23.1 Å². The zero-order valence-electron chi connectivity index (χ0n) is 13.8. The van der Waals surface area contributed by atoms with Crippen molar-refractivity contribution in [2.45, 2.75) is 24.9 Å². The molecule has 0 amide bonds. The van der Waals surface area contributed by atoms with E-state index in [1.807, 2.05) is 18.2 Å². The van der Waals surface area contributed by atoms with Crippen molar-refractivity contribution >= 4 is 10.0 Å². The molecule has 1 aromatic carbocycles. The first-order chi connectivity index (χ1) is 11.5. The zero-order chi connectivity index (χ0) is 17.2. The van der Waals surface area contributed by atoms with Gasteiger partial charge in [0.15, 0.2) is 0 Å². The topological polar surface area (TPSA) is 79.8 Å². The number of rotatable bonds is 5. The van der Waals surface area contributed by atoms with Crippen LogP contribution in [0.25, 0.3) is 0 Å². The molecule has 2 aromatic rings. The summed E-state index contributed by atoms with van der Waals surface area (Å²) in [6.45, 7) is 5.11. The zero-order valence-corrected chi connectivity index (χ0v) is 14.6. The van der Waals surface area contributed by atoms with E-state index in [2.05, 4.69) is 17.0 Å². The third-order valence-electron chi connectivity index (χ3n) is 4.32. The molecule has 0 radical (unpaired) electrons. The number of furan rings is 1. The van der Waals surface area contributed by atoms with Gasteiger partial charge in [-0.15, -0.1) is 0 Å². The number of sulfonamides is 1. The Bertz CT molecular complexity index is 779. The fourth-order valence-electron chi connectivity index (χ4n) is 2.99. The van der Waals surface area contributed by atoms with E-state index in [9.17, 15) is 8.42 Å². The van der Waals surface area contributed by atoms with Crippen LogP contribution < -0.4 is 5.73 Å². The van der Waals surface area contributed by atoms with E-state index in [1.165, 1.54) is 9.87 Å². The fraction of sp³-hybridized carbons (Fsp3) is 0.412. The largest absolute Gasteiger partial charge is 0.464 e. The molecular weight excluding hydrogens is 326 g/mol. The lowest BCUT2D eigenvalue weighted by molar-refractivity contribution is 0.181. The summed E-state index contributed by atoms with van der Waals surface area (Å²) in [5, 5.41) is 0. The molecule has 1 saturated heterocycles. The maximum Gasteiger partial charge on any atom is 0.246 e. The highest BCUT2D eigenvalue weighted by Gasteiger charge is 2.31. The van der Waals surface area contributed by atoms with Crippen molar-refractivity contribution in [1.29, 1.82) is 0 Å². The van der Waals surface area contributed by atoms with Gasteiger partial charge in [-0.2, -0.15) is 4.31 Å². The van der Waals surface area contributed by atoms with Gasteiger partial charge >= 0.3 is 0 Å². The number of nitrogens with zero attached hydrogens (tertiary/aromatic N) is 2. The van der Waals surface area contributed by atoms with Gasteiger partial charge in [-0.3, -0.25) is 4.90 Å². The van der Waals surface area contributed by atoms with E-state index < -0.39 is 10.0 Å². The highest BCUT2D eigenvalue weighted by atomic mass is 32.2. The summed E-state index contributed by atoms with van der Waals surface area (Å²) in [4.78, 5) is 2.51. The molecule has 6 nitrogen and oxygen atoms in total. The second-order valence-electron chi connectivity index (χ2n) is 6.00. The van der Waals surface area contributed by atoms with Crippen LogP contribution in [0, 0.1) is 6.92 Å². The molecule has 1 aliphatic rings. The van der Waals surface area contributed by atoms with Crippen LogP contribution >= 0.6 is 0 Å².